The van der Waals surface area contributed by atoms with Gasteiger partial charge in [0, 0.05) is 48.9 Å². The Bertz CT molecular complexity index is 866. The van der Waals surface area contributed by atoms with Crippen LogP contribution in [0.2, 0.25) is 0 Å². The highest BCUT2D eigenvalue weighted by Gasteiger charge is 2.31. The maximum Gasteiger partial charge on any atom is 0.319 e. The monoisotopic (exact) mass is 428 g/mol. The van der Waals surface area contributed by atoms with Crippen LogP contribution in [-0.4, -0.2) is 65.0 Å². The summed E-state index contributed by atoms with van der Waals surface area (Å²) in [5.74, 6) is -0.186. The molecule has 2 heterocycles. The van der Waals surface area contributed by atoms with E-state index < -0.39 is 6.04 Å². The number of aromatic nitrogens is 2. The van der Waals surface area contributed by atoms with E-state index in [1.54, 1.807) is 54.3 Å². The standard InChI is InChI=1S/C22H32N6O3/c1-4-22(3,27-11-13-31-14-12-27)16-23-21(30)26-19-8-5-7-18(15-19)25-20(29)17(2)28-10-6-9-24-28/h5-10,15,17H,4,11-14,16H2,1-3H3,(H,25,29)(H2,23,26,30). The highest BCUT2D eigenvalue weighted by atomic mass is 16.5. The highest BCUT2D eigenvalue weighted by Crippen LogP contribution is 2.20. The molecular weight excluding hydrogens is 396 g/mol. The molecule has 9 heteroatoms. The zero-order chi connectivity index (χ0) is 22.3. The molecule has 2 atom stereocenters. The minimum Gasteiger partial charge on any atom is -0.379 e. The van der Waals surface area contributed by atoms with Crippen molar-refractivity contribution in [2.24, 2.45) is 0 Å². The number of amides is 3. The first kappa shape index (κ1) is 22.8. The molecule has 3 rings (SSSR count). The number of carbonyl (C=O) groups is 2. The van der Waals surface area contributed by atoms with Crippen molar-refractivity contribution in [2.75, 3.05) is 43.5 Å². The summed E-state index contributed by atoms with van der Waals surface area (Å²) in [5, 5.41) is 12.8. The third kappa shape index (κ3) is 6.05. The highest BCUT2D eigenvalue weighted by molar-refractivity contribution is 5.95. The molecule has 1 aromatic heterocycles. The molecule has 3 N–H and O–H groups in total. The molecule has 1 aromatic carbocycles. The zero-order valence-electron chi connectivity index (χ0n) is 18.4. The van der Waals surface area contributed by atoms with E-state index >= 15 is 0 Å². The molecule has 9 nitrogen and oxygen atoms in total. The van der Waals surface area contributed by atoms with Crippen LogP contribution in [0.15, 0.2) is 42.7 Å². The number of nitrogens with one attached hydrogen (secondary N) is 3. The number of nitrogens with zero attached hydrogens (tertiary/aromatic N) is 3. The predicted octanol–water partition coefficient (Wildman–Crippen LogP) is 2.71. The number of morpholine rings is 1. The number of ether oxygens (including phenoxy) is 1. The Balaban J connectivity index is 1.53. The van der Waals surface area contributed by atoms with Crippen molar-refractivity contribution in [1.82, 2.24) is 20.0 Å². The Kier molecular flexibility index (Phi) is 7.64. The van der Waals surface area contributed by atoms with Crippen molar-refractivity contribution in [3.8, 4) is 0 Å². The van der Waals surface area contributed by atoms with Gasteiger partial charge in [-0.05, 0) is 44.5 Å². The quantitative estimate of drug-likeness (QED) is 0.600. The third-order valence-corrected chi connectivity index (χ3v) is 5.86. The van der Waals surface area contributed by atoms with E-state index in [1.807, 2.05) is 0 Å². The molecule has 2 aromatic rings. The van der Waals surface area contributed by atoms with E-state index in [0.717, 1.165) is 32.7 Å². The van der Waals surface area contributed by atoms with E-state index in [9.17, 15) is 9.59 Å². The van der Waals surface area contributed by atoms with E-state index in [4.69, 9.17) is 4.74 Å². The molecule has 0 radical (unpaired) electrons. The van der Waals surface area contributed by atoms with Crippen LogP contribution in [0.25, 0.3) is 0 Å². The number of anilines is 2. The molecule has 1 fully saturated rings. The number of hydrogen-bond acceptors (Lipinski definition) is 5. The van der Waals surface area contributed by atoms with Gasteiger partial charge in [0.25, 0.3) is 0 Å². The number of carbonyl (C=O) groups excluding carboxylic acids is 2. The summed E-state index contributed by atoms with van der Waals surface area (Å²) in [6.45, 7) is 9.78. The summed E-state index contributed by atoms with van der Waals surface area (Å²) in [4.78, 5) is 27.3. The molecule has 0 bridgehead atoms. The van der Waals surface area contributed by atoms with E-state index in [0.29, 0.717) is 17.9 Å². The predicted molar refractivity (Wildman–Crippen MR) is 120 cm³/mol. The molecule has 168 valence electrons. The van der Waals surface area contributed by atoms with Crippen LogP contribution >= 0.6 is 0 Å². The lowest BCUT2D eigenvalue weighted by Gasteiger charge is -2.43. The smallest absolute Gasteiger partial charge is 0.319 e. The SMILES string of the molecule is CCC(C)(CNC(=O)Nc1cccc(NC(=O)C(C)n2cccn2)c1)N1CCOCC1. The van der Waals surface area contributed by atoms with Gasteiger partial charge in [-0.15, -0.1) is 0 Å². The maximum absolute atomic E-state index is 12.5. The van der Waals surface area contributed by atoms with Crippen LogP contribution in [0.4, 0.5) is 16.2 Å². The lowest BCUT2D eigenvalue weighted by Crippen LogP contribution is -2.57. The van der Waals surface area contributed by atoms with Crippen molar-refractivity contribution in [3.63, 3.8) is 0 Å². The summed E-state index contributed by atoms with van der Waals surface area (Å²) in [5.41, 5.74) is 1.08. The van der Waals surface area contributed by atoms with Crippen LogP contribution in [0.3, 0.4) is 0 Å². The van der Waals surface area contributed by atoms with Gasteiger partial charge in [0.2, 0.25) is 5.91 Å². The fourth-order valence-corrected chi connectivity index (χ4v) is 3.56. The first-order valence-electron chi connectivity index (χ1n) is 10.7. The van der Waals surface area contributed by atoms with Crippen LogP contribution < -0.4 is 16.0 Å². The second-order valence-corrected chi connectivity index (χ2v) is 7.99. The molecule has 31 heavy (non-hydrogen) atoms. The molecule has 1 saturated heterocycles. The number of benzene rings is 1. The van der Waals surface area contributed by atoms with Gasteiger partial charge in [-0.3, -0.25) is 14.4 Å². The van der Waals surface area contributed by atoms with Gasteiger partial charge in [-0.1, -0.05) is 13.0 Å². The summed E-state index contributed by atoms with van der Waals surface area (Å²) >= 11 is 0. The van der Waals surface area contributed by atoms with Gasteiger partial charge >= 0.3 is 6.03 Å². The Morgan fingerprint density at radius 2 is 1.90 bits per heavy atom. The molecule has 1 aliphatic rings. The first-order valence-corrected chi connectivity index (χ1v) is 10.7. The first-order chi connectivity index (χ1) is 14.9. The van der Waals surface area contributed by atoms with Crippen molar-refractivity contribution in [3.05, 3.63) is 42.7 Å². The van der Waals surface area contributed by atoms with Gasteiger partial charge in [0.1, 0.15) is 6.04 Å². The minimum atomic E-state index is -0.443. The van der Waals surface area contributed by atoms with Gasteiger partial charge in [-0.2, -0.15) is 5.10 Å². The second-order valence-electron chi connectivity index (χ2n) is 7.99. The van der Waals surface area contributed by atoms with E-state index in [1.165, 1.54) is 0 Å². The van der Waals surface area contributed by atoms with Crippen molar-refractivity contribution >= 4 is 23.3 Å². The maximum atomic E-state index is 12.5. The Hall–Kier alpha value is -2.91. The van der Waals surface area contributed by atoms with Crippen molar-refractivity contribution in [1.29, 1.82) is 0 Å². The molecule has 1 aliphatic heterocycles. The van der Waals surface area contributed by atoms with E-state index in [-0.39, 0.29) is 17.5 Å². The average molecular weight is 429 g/mol. The summed E-state index contributed by atoms with van der Waals surface area (Å²) in [6.07, 6.45) is 4.30. The number of hydrogen-bond donors (Lipinski definition) is 3. The molecule has 0 spiro atoms. The molecule has 0 saturated carbocycles. The minimum absolute atomic E-state index is 0.125. The fourth-order valence-electron chi connectivity index (χ4n) is 3.56. The Morgan fingerprint density at radius 1 is 1.19 bits per heavy atom. The summed E-state index contributed by atoms with van der Waals surface area (Å²) in [7, 11) is 0. The fraction of sp³-hybridized carbons (Fsp3) is 0.500. The molecule has 2 unspecified atom stereocenters. The topological polar surface area (TPSA) is 101 Å². The largest absolute Gasteiger partial charge is 0.379 e. The van der Waals surface area contributed by atoms with Gasteiger partial charge in [-0.25, -0.2) is 4.79 Å². The van der Waals surface area contributed by atoms with Crippen LogP contribution in [0, 0.1) is 0 Å². The van der Waals surface area contributed by atoms with Crippen molar-refractivity contribution < 1.29 is 14.3 Å². The normalized spacial score (nSPS) is 17.4. The van der Waals surface area contributed by atoms with Crippen LogP contribution in [-0.2, 0) is 9.53 Å². The van der Waals surface area contributed by atoms with E-state index in [2.05, 4.69) is 39.8 Å². The summed E-state index contributed by atoms with van der Waals surface area (Å²) < 4.78 is 7.03. The van der Waals surface area contributed by atoms with Crippen LogP contribution in [0.5, 0.6) is 0 Å². The zero-order valence-corrected chi connectivity index (χ0v) is 18.4. The average Bonchev–Trinajstić information content (AvgIpc) is 3.33. The molecule has 0 aliphatic carbocycles. The van der Waals surface area contributed by atoms with Gasteiger partial charge in [0.05, 0.1) is 13.2 Å². The second kappa shape index (κ2) is 10.4. The lowest BCUT2D eigenvalue weighted by molar-refractivity contribution is -0.119. The van der Waals surface area contributed by atoms with Crippen molar-refractivity contribution in [2.45, 2.75) is 38.8 Å². The van der Waals surface area contributed by atoms with Crippen LogP contribution in [0.1, 0.15) is 33.2 Å². The molecular formula is C22H32N6O3. The lowest BCUT2D eigenvalue weighted by atomic mass is 9.95. The Labute approximate surface area is 183 Å². The Morgan fingerprint density at radius 3 is 2.55 bits per heavy atom. The molecule has 3 amide bonds. The number of rotatable bonds is 8. The third-order valence-electron chi connectivity index (χ3n) is 5.86. The van der Waals surface area contributed by atoms with Gasteiger partial charge < -0.3 is 20.7 Å². The summed E-state index contributed by atoms with van der Waals surface area (Å²) in [6, 6.07) is 8.14. The van der Waals surface area contributed by atoms with Gasteiger partial charge in [0.15, 0.2) is 0 Å². The number of urea groups is 1.